The molecular formula is C18H25NO2. The summed E-state index contributed by atoms with van der Waals surface area (Å²) in [6, 6.07) is 4.39. The van der Waals surface area contributed by atoms with Crippen molar-refractivity contribution in [1.82, 2.24) is 5.32 Å². The van der Waals surface area contributed by atoms with Crippen LogP contribution in [0.25, 0.3) is 11.0 Å². The lowest BCUT2D eigenvalue weighted by atomic mass is 9.84. The van der Waals surface area contributed by atoms with Gasteiger partial charge in [0.2, 0.25) is 0 Å². The maximum absolute atomic E-state index is 6.21. The van der Waals surface area contributed by atoms with Gasteiger partial charge in [-0.25, -0.2) is 0 Å². The van der Waals surface area contributed by atoms with E-state index >= 15 is 0 Å². The molecule has 3 heteroatoms. The van der Waals surface area contributed by atoms with E-state index in [4.69, 9.17) is 9.15 Å². The number of fused-ring (bicyclic) bond motifs is 3. The van der Waals surface area contributed by atoms with Gasteiger partial charge in [-0.15, -0.1) is 0 Å². The second-order valence-corrected chi connectivity index (χ2v) is 7.65. The molecule has 114 valence electrons. The Labute approximate surface area is 126 Å². The SMILES string of the molecule is CNCc1oc2c3c(ccc2c1C(C)(C)C)CC(C)(C)O3. The largest absolute Gasteiger partial charge is 0.483 e. The van der Waals surface area contributed by atoms with Crippen molar-refractivity contribution in [2.75, 3.05) is 7.05 Å². The zero-order valence-electron chi connectivity index (χ0n) is 13.9. The third-order valence-electron chi connectivity index (χ3n) is 4.05. The molecule has 0 spiro atoms. The minimum atomic E-state index is -0.144. The fourth-order valence-electron chi connectivity index (χ4n) is 3.36. The summed E-state index contributed by atoms with van der Waals surface area (Å²) in [7, 11) is 1.95. The summed E-state index contributed by atoms with van der Waals surface area (Å²) in [4.78, 5) is 0. The Hall–Kier alpha value is -1.48. The fourth-order valence-corrected chi connectivity index (χ4v) is 3.36. The number of nitrogens with one attached hydrogen (secondary N) is 1. The van der Waals surface area contributed by atoms with Gasteiger partial charge in [-0.05, 0) is 26.3 Å². The Morgan fingerprint density at radius 1 is 1.24 bits per heavy atom. The van der Waals surface area contributed by atoms with Gasteiger partial charge in [0.15, 0.2) is 11.3 Å². The lowest BCUT2D eigenvalue weighted by Crippen LogP contribution is -2.24. The third kappa shape index (κ3) is 2.34. The molecule has 2 heterocycles. The molecule has 1 aromatic carbocycles. The van der Waals surface area contributed by atoms with E-state index in [1.54, 1.807) is 0 Å². The molecule has 0 fully saturated rings. The van der Waals surface area contributed by atoms with Crippen LogP contribution < -0.4 is 10.1 Å². The molecule has 1 aliphatic heterocycles. The average Bonchev–Trinajstić information content (AvgIpc) is 2.84. The summed E-state index contributed by atoms with van der Waals surface area (Å²) in [6.07, 6.45) is 0.936. The van der Waals surface area contributed by atoms with Gasteiger partial charge < -0.3 is 14.5 Å². The van der Waals surface area contributed by atoms with Crippen molar-refractivity contribution in [3.8, 4) is 5.75 Å². The van der Waals surface area contributed by atoms with Crippen molar-refractivity contribution >= 4 is 11.0 Å². The van der Waals surface area contributed by atoms with Crippen LogP contribution in [0.1, 0.15) is 51.5 Å². The first-order valence-corrected chi connectivity index (χ1v) is 7.64. The van der Waals surface area contributed by atoms with Crippen molar-refractivity contribution in [1.29, 1.82) is 0 Å². The van der Waals surface area contributed by atoms with Gasteiger partial charge in [-0.1, -0.05) is 32.9 Å². The predicted octanol–water partition coefficient (Wildman–Crippen LogP) is 4.16. The Morgan fingerprint density at radius 3 is 2.57 bits per heavy atom. The van der Waals surface area contributed by atoms with E-state index in [1.807, 2.05) is 7.05 Å². The molecule has 3 rings (SSSR count). The molecule has 1 N–H and O–H groups in total. The summed E-state index contributed by atoms with van der Waals surface area (Å²) in [5.74, 6) is 1.95. The van der Waals surface area contributed by atoms with Crippen molar-refractivity contribution < 1.29 is 9.15 Å². The molecule has 0 radical (unpaired) electrons. The van der Waals surface area contributed by atoms with Crippen LogP contribution in [-0.2, 0) is 18.4 Å². The highest BCUT2D eigenvalue weighted by Crippen LogP contribution is 2.45. The van der Waals surface area contributed by atoms with Crippen LogP contribution in [-0.4, -0.2) is 12.6 Å². The number of ether oxygens (including phenoxy) is 1. The quantitative estimate of drug-likeness (QED) is 0.900. The van der Waals surface area contributed by atoms with E-state index in [0.29, 0.717) is 0 Å². The molecule has 0 atom stereocenters. The van der Waals surface area contributed by atoms with Crippen LogP contribution in [0.4, 0.5) is 0 Å². The van der Waals surface area contributed by atoms with E-state index in [-0.39, 0.29) is 11.0 Å². The van der Waals surface area contributed by atoms with Crippen LogP contribution in [0.2, 0.25) is 0 Å². The number of benzene rings is 1. The lowest BCUT2D eigenvalue weighted by molar-refractivity contribution is 0.138. The van der Waals surface area contributed by atoms with Gasteiger partial charge in [0.05, 0.1) is 6.54 Å². The lowest BCUT2D eigenvalue weighted by Gasteiger charge is -2.19. The van der Waals surface area contributed by atoms with Crippen molar-refractivity contribution in [3.63, 3.8) is 0 Å². The number of rotatable bonds is 2. The van der Waals surface area contributed by atoms with Gasteiger partial charge in [0, 0.05) is 22.9 Å². The van der Waals surface area contributed by atoms with Gasteiger partial charge in [-0.2, -0.15) is 0 Å². The first-order chi connectivity index (χ1) is 9.73. The van der Waals surface area contributed by atoms with Crippen LogP contribution in [0, 0.1) is 0 Å². The van der Waals surface area contributed by atoms with Gasteiger partial charge in [0.25, 0.3) is 0 Å². The molecule has 1 aromatic heterocycles. The zero-order chi connectivity index (χ0) is 15.4. The molecule has 0 unspecified atom stereocenters. The fraction of sp³-hybridized carbons (Fsp3) is 0.556. The first-order valence-electron chi connectivity index (χ1n) is 7.64. The topological polar surface area (TPSA) is 34.4 Å². The zero-order valence-corrected chi connectivity index (χ0v) is 13.9. The Kier molecular flexibility index (Phi) is 3.10. The molecule has 1 aliphatic rings. The highest BCUT2D eigenvalue weighted by molar-refractivity contribution is 5.90. The Bertz CT molecular complexity index is 689. The molecule has 0 aliphatic carbocycles. The highest BCUT2D eigenvalue weighted by atomic mass is 16.5. The third-order valence-corrected chi connectivity index (χ3v) is 4.05. The molecule has 0 bridgehead atoms. The maximum Gasteiger partial charge on any atom is 0.176 e. The van der Waals surface area contributed by atoms with E-state index in [1.165, 1.54) is 16.5 Å². The summed E-state index contributed by atoms with van der Waals surface area (Å²) in [5, 5.41) is 4.39. The van der Waals surface area contributed by atoms with Gasteiger partial charge >= 0.3 is 0 Å². The smallest absolute Gasteiger partial charge is 0.176 e. The predicted molar refractivity (Wildman–Crippen MR) is 86.1 cm³/mol. The van der Waals surface area contributed by atoms with Crippen molar-refractivity contribution in [3.05, 3.63) is 29.0 Å². The second kappa shape index (κ2) is 4.51. The van der Waals surface area contributed by atoms with E-state index < -0.39 is 0 Å². The molecule has 0 saturated carbocycles. The summed E-state index contributed by atoms with van der Waals surface area (Å²) < 4.78 is 12.4. The maximum atomic E-state index is 6.21. The molecule has 21 heavy (non-hydrogen) atoms. The van der Waals surface area contributed by atoms with E-state index in [9.17, 15) is 0 Å². The minimum Gasteiger partial charge on any atom is -0.483 e. The standard InChI is InChI=1S/C18H25NO2/c1-17(2,3)14-12-8-7-11-9-18(4,5)21-15(11)16(12)20-13(14)10-19-6/h7-8,19H,9-10H2,1-6H3. The second-order valence-electron chi connectivity index (χ2n) is 7.65. The summed E-state index contributed by atoms with van der Waals surface area (Å²) in [6.45, 7) is 11.7. The van der Waals surface area contributed by atoms with Crippen molar-refractivity contribution in [2.45, 2.75) is 58.6 Å². The molecule has 2 aromatic rings. The highest BCUT2D eigenvalue weighted by Gasteiger charge is 2.34. The Balaban J connectivity index is 2.26. The monoisotopic (exact) mass is 287 g/mol. The Morgan fingerprint density at radius 2 is 1.95 bits per heavy atom. The molecule has 3 nitrogen and oxygen atoms in total. The number of hydrogen-bond acceptors (Lipinski definition) is 3. The van der Waals surface area contributed by atoms with Crippen LogP contribution >= 0.6 is 0 Å². The van der Waals surface area contributed by atoms with Gasteiger partial charge in [-0.3, -0.25) is 0 Å². The summed E-state index contributed by atoms with van der Waals surface area (Å²) >= 11 is 0. The minimum absolute atomic E-state index is 0.0415. The van der Waals surface area contributed by atoms with Crippen LogP contribution in [0.3, 0.4) is 0 Å². The first kappa shape index (κ1) is 14.5. The van der Waals surface area contributed by atoms with Crippen LogP contribution in [0.15, 0.2) is 16.5 Å². The normalized spacial score (nSPS) is 17.0. The van der Waals surface area contributed by atoms with E-state index in [2.05, 4.69) is 52.1 Å². The van der Waals surface area contributed by atoms with Crippen molar-refractivity contribution in [2.24, 2.45) is 0 Å². The van der Waals surface area contributed by atoms with Gasteiger partial charge in [0.1, 0.15) is 11.4 Å². The van der Waals surface area contributed by atoms with E-state index in [0.717, 1.165) is 30.1 Å². The average molecular weight is 287 g/mol. The number of furan rings is 1. The van der Waals surface area contributed by atoms with Crippen LogP contribution in [0.5, 0.6) is 5.75 Å². The molecule has 0 amide bonds. The molecular weight excluding hydrogens is 262 g/mol. The number of hydrogen-bond donors (Lipinski definition) is 1. The summed E-state index contributed by atoms with van der Waals surface area (Å²) in [5.41, 5.74) is 3.34. The molecule has 0 saturated heterocycles.